The first-order valence-electron chi connectivity index (χ1n) is 10.6. The van der Waals surface area contributed by atoms with E-state index in [0.717, 1.165) is 16.7 Å². The number of ether oxygens (including phenoxy) is 1. The third-order valence-corrected chi connectivity index (χ3v) is 6.56. The summed E-state index contributed by atoms with van der Waals surface area (Å²) in [7, 11) is 0. The summed E-state index contributed by atoms with van der Waals surface area (Å²) in [6.07, 6.45) is 1.59. The molecule has 1 fully saturated rings. The lowest BCUT2D eigenvalue weighted by atomic mass is 10.2. The van der Waals surface area contributed by atoms with Crippen LogP contribution in [0, 0.1) is 10.1 Å². The Hall–Kier alpha value is -3.96. The van der Waals surface area contributed by atoms with E-state index in [1.807, 2.05) is 18.2 Å². The normalized spacial score (nSPS) is 14.2. The van der Waals surface area contributed by atoms with Gasteiger partial charge in [-0.1, -0.05) is 36.4 Å². The molecule has 0 aliphatic carbocycles. The van der Waals surface area contributed by atoms with Gasteiger partial charge in [-0.05, 0) is 69.2 Å². The fourth-order valence-electron chi connectivity index (χ4n) is 3.28. The van der Waals surface area contributed by atoms with Gasteiger partial charge >= 0.3 is 0 Å². The minimum absolute atomic E-state index is 0.0154. The van der Waals surface area contributed by atoms with Crippen LogP contribution in [0.15, 0.2) is 82.2 Å². The van der Waals surface area contributed by atoms with E-state index in [-0.39, 0.29) is 29.7 Å². The highest BCUT2D eigenvalue weighted by molar-refractivity contribution is 9.10. The number of carbonyl (C=O) groups excluding carboxylic acids is 3. The topological polar surface area (TPSA) is 119 Å². The Morgan fingerprint density at radius 2 is 1.81 bits per heavy atom. The number of thioether (sulfide) groups is 1. The highest BCUT2D eigenvalue weighted by Crippen LogP contribution is 2.35. The molecule has 11 heteroatoms. The summed E-state index contributed by atoms with van der Waals surface area (Å²) in [4.78, 5) is 49.0. The number of hydrogen-bond acceptors (Lipinski definition) is 7. The predicted octanol–water partition coefficient (Wildman–Crippen LogP) is 5.61. The van der Waals surface area contributed by atoms with Gasteiger partial charge in [0.05, 0.1) is 20.8 Å². The number of rotatable bonds is 8. The number of imide groups is 1. The molecule has 0 atom stereocenters. The molecule has 1 aliphatic heterocycles. The molecule has 4 rings (SSSR count). The highest BCUT2D eigenvalue weighted by Gasteiger charge is 2.35. The molecule has 182 valence electrons. The molecule has 0 saturated carbocycles. The molecule has 1 heterocycles. The standard InChI is InChI=1S/C25H18BrN3O6S/c26-20-12-17(8-11-21(20)35-15-23(30)27-18-4-2-1-3-5-18)13-22-24(31)28(25(32)36-22)14-16-6-9-19(10-7-16)29(33)34/h1-13H,14-15H2,(H,27,30)/b22-13-. The average Bonchev–Trinajstić information content (AvgIpc) is 3.11. The number of halogens is 1. The molecule has 0 bridgehead atoms. The van der Waals surface area contributed by atoms with E-state index < -0.39 is 16.1 Å². The van der Waals surface area contributed by atoms with Crippen molar-refractivity contribution >= 4 is 62.2 Å². The first-order valence-corrected chi connectivity index (χ1v) is 12.2. The van der Waals surface area contributed by atoms with Gasteiger partial charge in [0, 0.05) is 17.8 Å². The maximum atomic E-state index is 12.8. The van der Waals surface area contributed by atoms with E-state index in [0.29, 0.717) is 27.0 Å². The second kappa shape index (κ2) is 11.2. The fraction of sp³-hybridized carbons (Fsp3) is 0.0800. The first-order chi connectivity index (χ1) is 17.3. The van der Waals surface area contributed by atoms with Gasteiger partial charge in [-0.15, -0.1) is 0 Å². The van der Waals surface area contributed by atoms with Gasteiger partial charge in [0.2, 0.25) is 0 Å². The molecule has 3 aromatic carbocycles. The van der Waals surface area contributed by atoms with E-state index in [1.54, 1.807) is 36.4 Å². The quantitative estimate of drug-likeness (QED) is 0.213. The smallest absolute Gasteiger partial charge is 0.293 e. The number of nitrogens with one attached hydrogen (secondary N) is 1. The van der Waals surface area contributed by atoms with Crippen molar-refractivity contribution in [2.24, 2.45) is 0 Å². The minimum Gasteiger partial charge on any atom is -0.483 e. The van der Waals surface area contributed by atoms with Crippen LogP contribution in [0.3, 0.4) is 0 Å². The number of nitrogens with zero attached hydrogens (tertiary/aromatic N) is 2. The van der Waals surface area contributed by atoms with Crippen LogP contribution in [0.25, 0.3) is 6.08 Å². The number of para-hydroxylation sites is 1. The van der Waals surface area contributed by atoms with Crippen molar-refractivity contribution in [2.75, 3.05) is 11.9 Å². The van der Waals surface area contributed by atoms with E-state index in [2.05, 4.69) is 21.2 Å². The first kappa shape index (κ1) is 25.1. The lowest BCUT2D eigenvalue weighted by Crippen LogP contribution is -2.27. The van der Waals surface area contributed by atoms with Crippen LogP contribution in [-0.4, -0.2) is 33.5 Å². The van der Waals surface area contributed by atoms with Crippen LogP contribution in [0.5, 0.6) is 5.75 Å². The van der Waals surface area contributed by atoms with Crippen molar-refractivity contribution < 1.29 is 24.0 Å². The molecule has 0 radical (unpaired) electrons. The molecule has 0 unspecified atom stereocenters. The van der Waals surface area contributed by atoms with Crippen molar-refractivity contribution in [3.8, 4) is 5.75 Å². The number of amides is 3. The Kier molecular flexibility index (Phi) is 7.81. The lowest BCUT2D eigenvalue weighted by Gasteiger charge is -2.12. The highest BCUT2D eigenvalue weighted by atomic mass is 79.9. The van der Waals surface area contributed by atoms with Crippen molar-refractivity contribution in [3.63, 3.8) is 0 Å². The summed E-state index contributed by atoms with van der Waals surface area (Å²) in [5, 5.41) is 13.1. The molecule has 1 saturated heterocycles. The van der Waals surface area contributed by atoms with Crippen molar-refractivity contribution in [1.29, 1.82) is 0 Å². The van der Waals surface area contributed by atoms with Gasteiger partial charge in [0.1, 0.15) is 5.75 Å². The Labute approximate surface area is 218 Å². The Morgan fingerprint density at radius 3 is 2.47 bits per heavy atom. The molecule has 0 spiro atoms. The predicted molar refractivity (Wildman–Crippen MR) is 139 cm³/mol. The molecule has 36 heavy (non-hydrogen) atoms. The second-order valence-corrected chi connectivity index (χ2v) is 9.43. The maximum Gasteiger partial charge on any atom is 0.293 e. The number of anilines is 1. The summed E-state index contributed by atoms with van der Waals surface area (Å²) in [6.45, 7) is -0.171. The van der Waals surface area contributed by atoms with Gasteiger partial charge < -0.3 is 10.1 Å². The van der Waals surface area contributed by atoms with Gasteiger partial charge in [-0.2, -0.15) is 0 Å². The molecular formula is C25H18BrN3O6S. The van der Waals surface area contributed by atoms with Gasteiger partial charge in [-0.25, -0.2) is 0 Å². The zero-order valence-electron chi connectivity index (χ0n) is 18.5. The maximum absolute atomic E-state index is 12.8. The SMILES string of the molecule is O=C(COc1ccc(/C=C2\SC(=O)N(Cc3ccc([N+](=O)[O-])cc3)C2=O)cc1Br)Nc1ccccc1. The largest absolute Gasteiger partial charge is 0.483 e. The van der Waals surface area contributed by atoms with Crippen LogP contribution in [0.2, 0.25) is 0 Å². The van der Waals surface area contributed by atoms with Crippen molar-refractivity contribution in [2.45, 2.75) is 6.54 Å². The van der Waals surface area contributed by atoms with Crippen LogP contribution < -0.4 is 10.1 Å². The minimum atomic E-state index is -0.513. The summed E-state index contributed by atoms with van der Waals surface area (Å²) in [6, 6.07) is 19.8. The van der Waals surface area contributed by atoms with E-state index in [4.69, 9.17) is 4.74 Å². The number of nitro groups is 1. The van der Waals surface area contributed by atoms with Crippen LogP contribution in [-0.2, 0) is 16.1 Å². The summed E-state index contributed by atoms with van der Waals surface area (Å²) in [5.74, 6) is -0.308. The zero-order chi connectivity index (χ0) is 25.7. The Bertz CT molecular complexity index is 1360. The third-order valence-electron chi connectivity index (χ3n) is 5.03. The molecule has 9 nitrogen and oxygen atoms in total. The van der Waals surface area contributed by atoms with E-state index in [9.17, 15) is 24.5 Å². The summed E-state index contributed by atoms with van der Waals surface area (Å²) >= 11 is 4.23. The molecule has 1 N–H and O–H groups in total. The Balaban J connectivity index is 1.38. The number of hydrogen-bond donors (Lipinski definition) is 1. The average molecular weight is 568 g/mol. The van der Waals surface area contributed by atoms with Crippen molar-refractivity contribution in [1.82, 2.24) is 4.90 Å². The lowest BCUT2D eigenvalue weighted by molar-refractivity contribution is -0.384. The molecular weight excluding hydrogens is 550 g/mol. The van der Waals surface area contributed by atoms with Crippen molar-refractivity contribution in [3.05, 3.63) is 103 Å². The third kappa shape index (κ3) is 6.18. The zero-order valence-corrected chi connectivity index (χ0v) is 21.0. The molecule has 1 aliphatic rings. The Morgan fingerprint density at radius 1 is 1.08 bits per heavy atom. The molecule has 3 aromatic rings. The van der Waals surface area contributed by atoms with Crippen LogP contribution in [0.4, 0.5) is 16.2 Å². The monoisotopic (exact) mass is 567 g/mol. The summed E-state index contributed by atoms with van der Waals surface area (Å²) < 4.78 is 6.16. The van der Waals surface area contributed by atoms with Crippen LogP contribution >= 0.6 is 27.7 Å². The number of carbonyl (C=O) groups is 3. The molecule has 0 aromatic heterocycles. The van der Waals surface area contributed by atoms with Gasteiger partial charge in [0.25, 0.3) is 22.7 Å². The van der Waals surface area contributed by atoms with Gasteiger partial charge in [-0.3, -0.25) is 29.4 Å². The number of non-ortho nitro benzene ring substituents is 1. The summed E-state index contributed by atoms with van der Waals surface area (Å²) in [5.41, 5.74) is 1.86. The second-order valence-electron chi connectivity index (χ2n) is 7.58. The van der Waals surface area contributed by atoms with E-state index >= 15 is 0 Å². The molecule has 3 amide bonds. The van der Waals surface area contributed by atoms with E-state index in [1.165, 1.54) is 24.3 Å². The fourth-order valence-corrected chi connectivity index (χ4v) is 4.63. The van der Waals surface area contributed by atoms with Gasteiger partial charge in [0.15, 0.2) is 6.61 Å². The number of nitro benzene ring substituents is 1. The number of benzene rings is 3. The van der Waals surface area contributed by atoms with Crippen LogP contribution in [0.1, 0.15) is 11.1 Å².